The summed E-state index contributed by atoms with van der Waals surface area (Å²) in [5.74, 6) is 0. The first kappa shape index (κ1) is 15.3. The van der Waals surface area contributed by atoms with Crippen molar-refractivity contribution in [2.75, 3.05) is 13.2 Å². The van der Waals surface area contributed by atoms with Gasteiger partial charge in [-0.1, -0.05) is 6.92 Å². The highest BCUT2D eigenvalue weighted by molar-refractivity contribution is 5.31. The molecule has 2 rings (SSSR count). The highest BCUT2D eigenvalue weighted by Gasteiger charge is 2.43. The third-order valence-corrected chi connectivity index (χ3v) is 3.74. The van der Waals surface area contributed by atoms with Crippen molar-refractivity contribution in [2.45, 2.75) is 44.5 Å². The Bertz CT molecular complexity index is 456. The normalized spacial score (nSPS) is 24.9. The Morgan fingerprint density at radius 3 is 2.80 bits per heavy atom. The molecule has 0 amide bonds. The molecule has 1 aliphatic rings. The number of alkyl halides is 3. The van der Waals surface area contributed by atoms with Crippen LogP contribution in [0.2, 0.25) is 0 Å². The minimum absolute atomic E-state index is 0.159. The smallest absolute Gasteiger partial charge is 0.373 e. The van der Waals surface area contributed by atoms with Crippen LogP contribution in [0, 0.1) is 0 Å². The van der Waals surface area contributed by atoms with Crippen molar-refractivity contribution in [1.29, 1.82) is 0 Å². The molecular formula is C14H19F3N2O. The summed E-state index contributed by atoms with van der Waals surface area (Å²) >= 11 is 0. The van der Waals surface area contributed by atoms with Crippen LogP contribution < -0.4 is 5.32 Å². The molecule has 112 valence electrons. The molecule has 1 aromatic rings. The summed E-state index contributed by atoms with van der Waals surface area (Å²) in [6.07, 6.45) is -0.325. The lowest BCUT2D eigenvalue weighted by molar-refractivity contribution is -0.139. The second kappa shape index (κ2) is 5.69. The Kier molecular flexibility index (Phi) is 4.34. The third-order valence-electron chi connectivity index (χ3n) is 3.74. The van der Waals surface area contributed by atoms with E-state index in [2.05, 4.69) is 10.3 Å². The number of pyridine rings is 1. The molecule has 3 nitrogen and oxygen atoms in total. The summed E-state index contributed by atoms with van der Waals surface area (Å²) in [6.45, 7) is 4.88. The molecule has 20 heavy (non-hydrogen) atoms. The van der Waals surface area contributed by atoms with E-state index in [4.69, 9.17) is 4.74 Å². The van der Waals surface area contributed by atoms with Crippen molar-refractivity contribution in [3.63, 3.8) is 0 Å². The lowest BCUT2D eigenvalue weighted by Gasteiger charge is -2.35. The lowest BCUT2D eigenvalue weighted by Crippen LogP contribution is -2.42. The van der Waals surface area contributed by atoms with E-state index in [9.17, 15) is 13.2 Å². The maximum atomic E-state index is 13.2. The second-order valence-corrected chi connectivity index (χ2v) is 5.22. The fourth-order valence-corrected chi connectivity index (χ4v) is 2.78. The van der Waals surface area contributed by atoms with Crippen LogP contribution in [0.1, 0.15) is 43.9 Å². The Morgan fingerprint density at radius 2 is 2.25 bits per heavy atom. The van der Waals surface area contributed by atoms with Gasteiger partial charge in [0.05, 0.1) is 17.2 Å². The predicted octanol–water partition coefficient (Wildman–Crippen LogP) is 3.32. The van der Waals surface area contributed by atoms with Crippen molar-refractivity contribution in [1.82, 2.24) is 10.3 Å². The molecule has 0 spiro atoms. The van der Waals surface area contributed by atoms with E-state index in [1.165, 1.54) is 12.4 Å². The number of aromatic nitrogens is 1. The van der Waals surface area contributed by atoms with Gasteiger partial charge in [0, 0.05) is 24.6 Å². The van der Waals surface area contributed by atoms with Gasteiger partial charge in [-0.25, -0.2) is 0 Å². The minimum atomic E-state index is -4.39. The number of rotatable bonds is 4. The molecular weight excluding hydrogens is 269 g/mol. The zero-order valence-corrected chi connectivity index (χ0v) is 11.6. The molecule has 1 aliphatic heterocycles. The second-order valence-electron chi connectivity index (χ2n) is 5.22. The van der Waals surface area contributed by atoms with Crippen LogP contribution in [-0.4, -0.2) is 23.7 Å². The first-order chi connectivity index (χ1) is 9.38. The molecule has 0 saturated carbocycles. The number of ether oxygens (including phenoxy) is 1. The summed E-state index contributed by atoms with van der Waals surface area (Å²) in [4.78, 5) is 3.87. The van der Waals surface area contributed by atoms with E-state index in [0.29, 0.717) is 13.2 Å². The van der Waals surface area contributed by atoms with Crippen LogP contribution in [0.3, 0.4) is 0 Å². The van der Waals surface area contributed by atoms with Crippen molar-refractivity contribution in [3.05, 3.63) is 29.6 Å². The largest absolute Gasteiger partial charge is 0.416 e. The Hall–Kier alpha value is -1.14. The zero-order valence-electron chi connectivity index (χ0n) is 11.6. The van der Waals surface area contributed by atoms with Gasteiger partial charge >= 0.3 is 6.18 Å². The van der Waals surface area contributed by atoms with E-state index >= 15 is 0 Å². The van der Waals surface area contributed by atoms with Crippen molar-refractivity contribution in [2.24, 2.45) is 0 Å². The van der Waals surface area contributed by atoms with Gasteiger partial charge < -0.3 is 10.1 Å². The number of hydrogen-bond donors (Lipinski definition) is 1. The van der Waals surface area contributed by atoms with Crippen molar-refractivity contribution >= 4 is 0 Å². The van der Waals surface area contributed by atoms with E-state index in [1.54, 1.807) is 0 Å². The monoisotopic (exact) mass is 288 g/mol. The summed E-state index contributed by atoms with van der Waals surface area (Å²) in [5, 5.41) is 3.13. The predicted molar refractivity (Wildman–Crippen MR) is 69.2 cm³/mol. The topological polar surface area (TPSA) is 34.2 Å². The van der Waals surface area contributed by atoms with Crippen LogP contribution in [0.4, 0.5) is 13.2 Å². The lowest BCUT2D eigenvalue weighted by atomic mass is 9.86. The maximum absolute atomic E-state index is 13.2. The molecule has 6 heteroatoms. The third kappa shape index (κ3) is 2.96. The van der Waals surface area contributed by atoms with Crippen LogP contribution >= 0.6 is 0 Å². The minimum Gasteiger partial charge on any atom is -0.373 e. The van der Waals surface area contributed by atoms with Gasteiger partial charge in [-0.3, -0.25) is 4.98 Å². The average Bonchev–Trinajstić information content (AvgIpc) is 2.83. The van der Waals surface area contributed by atoms with E-state index in [-0.39, 0.29) is 5.56 Å². The molecule has 0 bridgehead atoms. The first-order valence-electron chi connectivity index (χ1n) is 6.77. The number of nitrogens with zero attached hydrogens (tertiary/aromatic N) is 1. The van der Waals surface area contributed by atoms with Crippen molar-refractivity contribution < 1.29 is 17.9 Å². The quantitative estimate of drug-likeness (QED) is 0.923. The van der Waals surface area contributed by atoms with Gasteiger partial charge in [0.25, 0.3) is 0 Å². The first-order valence-corrected chi connectivity index (χ1v) is 6.77. The Balaban J connectivity index is 2.44. The Labute approximate surface area is 116 Å². The molecule has 0 aliphatic carbocycles. The molecule has 1 N–H and O–H groups in total. The van der Waals surface area contributed by atoms with Gasteiger partial charge in [0.1, 0.15) is 0 Å². The van der Waals surface area contributed by atoms with Crippen LogP contribution in [0.15, 0.2) is 18.5 Å². The van der Waals surface area contributed by atoms with Crippen LogP contribution in [0.25, 0.3) is 0 Å². The number of hydrogen-bond acceptors (Lipinski definition) is 3. The van der Waals surface area contributed by atoms with Crippen LogP contribution in [-0.2, 0) is 10.9 Å². The highest BCUT2D eigenvalue weighted by Crippen LogP contribution is 2.42. The SMILES string of the molecule is CCNC(c1cnccc1C(F)(F)F)C1(C)CCCO1. The fraction of sp³-hybridized carbons (Fsp3) is 0.643. The number of likely N-dealkylation sites (N-methyl/N-ethyl adjacent to an activating group) is 1. The molecule has 2 heterocycles. The van der Waals surface area contributed by atoms with Gasteiger partial charge in [-0.2, -0.15) is 13.2 Å². The molecule has 2 atom stereocenters. The molecule has 2 unspecified atom stereocenters. The van der Waals surface area contributed by atoms with Gasteiger partial charge in [-0.05, 0) is 32.4 Å². The Morgan fingerprint density at radius 1 is 1.50 bits per heavy atom. The zero-order chi connectivity index (χ0) is 14.8. The molecule has 0 radical (unpaired) electrons. The van der Waals surface area contributed by atoms with Gasteiger partial charge in [0.2, 0.25) is 0 Å². The molecule has 1 saturated heterocycles. The number of halogens is 3. The summed E-state index contributed by atoms with van der Waals surface area (Å²) < 4.78 is 45.2. The van der Waals surface area contributed by atoms with E-state index in [0.717, 1.165) is 18.9 Å². The molecule has 0 aromatic carbocycles. The van der Waals surface area contributed by atoms with E-state index < -0.39 is 23.4 Å². The van der Waals surface area contributed by atoms with Gasteiger partial charge in [-0.15, -0.1) is 0 Å². The number of nitrogens with one attached hydrogen (secondary N) is 1. The van der Waals surface area contributed by atoms with Crippen LogP contribution in [0.5, 0.6) is 0 Å². The van der Waals surface area contributed by atoms with E-state index in [1.807, 2.05) is 13.8 Å². The maximum Gasteiger partial charge on any atom is 0.416 e. The summed E-state index contributed by atoms with van der Waals surface area (Å²) in [6, 6.07) is 0.512. The highest BCUT2D eigenvalue weighted by atomic mass is 19.4. The summed E-state index contributed by atoms with van der Waals surface area (Å²) in [5.41, 5.74) is -1.11. The molecule has 1 fully saturated rings. The fourth-order valence-electron chi connectivity index (χ4n) is 2.78. The van der Waals surface area contributed by atoms with Crippen molar-refractivity contribution in [3.8, 4) is 0 Å². The molecule has 1 aromatic heterocycles. The average molecular weight is 288 g/mol. The summed E-state index contributed by atoms with van der Waals surface area (Å²) in [7, 11) is 0. The standard InChI is InChI=1S/C14H19F3N2O/c1-3-19-12(13(2)6-4-8-20-13)10-9-18-7-5-11(10)14(15,16)17/h5,7,9,12,19H,3-4,6,8H2,1-2H3. The van der Waals surface area contributed by atoms with Gasteiger partial charge in [0.15, 0.2) is 0 Å².